The van der Waals surface area contributed by atoms with Gasteiger partial charge in [0.2, 0.25) is 0 Å². The average molecular weight is 360 g/mol. The van der Waals surface area contributed by atoms with Gasteiger partial charge in [-0.3, -0.25) is 10.1 Å². The van der Waals surface area contributed by atoms with Crippen LogP contribution < -0.4 is 5.32 Å². The molecule has 1 N–H and O–H groups in total. The van der Waals surface area contributed by atoms with Crippen LogP contribution >= 0.6 is 27.5 Å². The van der Waals surface area contributed by atoms with Gasteiger partial charge in [-0.1, -0.05) is 33.6 Å². The van der Waals surface area contributed by atoms with E-state index in [1.54, 1.807) is 18.2 Å². The number of rotatable bonds is 4. The molecule has 0 unspecified atom stereocenters. The summed E-state index contributed by atoms with van der Waals surface area (Å²) in [7, 11) is 0. The largest absolute Gasteiger partial charge is 0.375 e. The lowest BCUT2D eigenvalue weighted by Crippen LogP contribution is -2.02. The maximum absolute atomic E-state index is 13.0. The van der Waals surface area contributed by atoms with E-state index in [1.165, 1.54) is 18.2 Å². The van der Waals surface area contributed by atoms with Crippen molar-refractivity contribution in [3.8, 4) is 0 Å². The van der Waals surface area contributed by atoms with Crippen LogP contribution in [0.1, 0.15) is 5.56 Å². The molecule has 0 aliphatic heterocycles. The van der Waals surface area contributed by atoms with Crippen LogP contribution in [-0.2, 0) is 6.54 Å². The summed E-state index contributed by atoms with van der Waals surface area (Å²) in [4.78, 5) is 10.5. The lowest BCUT2D eigenvalue weighted by Gasteiger charge is -2.08. The molecular formula is C13H9BrClFN2O2. The molecule has 104 valence electrons. The zero-order valence-electron chi connectivity index (χ0n) is 10.1. The molecule has 20 heavy (non-hydrogen) atoms. The van der Waals surface area contributed by atoms with Crippen molar-refractivity contribution < 1.29 is 9.31 Å². The van der Waals surface area contributed by atoms with E-state index in [9.17, 15) is 14.5 Å². The van der Waals surface area contributed by atoms with Crippen LogP contribution in [0.15, 0.2) is 40.9 Å². The van der Waals surface area contributed by atoms with Crippen molar-refractivity contribution in [2.75, 3.05) is 5.32 Å². The Kier molecular flexibility index (Phi) is 4.57. The summed E-state index contributed by atoms with van der Waals surface area (Å²) in [6.07, 6.45) is 0. The molecule has 0 aromatic heterocycles. The van der Waals surface area contributed by atoms with Crippen LogP contribution in [0.2, 0.25) is 5.02 Å². The molecule has 2 aromatic rings. The van der Waals surface area contributed by atoms with Gasteiger partial charge in [0.05, 0.1) is 9.95 Å². The number of nitrogens with one attached hydrogen (secondary N) is 1. The van der Waals surface area contributed by atoms with E-state index < -0.39 is 10.7 Å². The number of nitro benzene ring substituents is 1. The Morgan fingerprint density at radius 2 is 2.05 bits per heavy atom. The first-order valence-corrected chi connectivity index (χ1v) is 6.76. The lowest BCUT2D eigenvalue weighted by atomic mass is 10.2. The second-order valence-corrected chi connectivity index (χ2v) is 5.34. The molecule has 2 rings (SSSR count). The quantitative estimate of drug-likeness (QED) is 0.632. The third kappa shape index (κ3) is 3.46. The van der Waals surface area contributed by atoms with Crippen molar-refractivity contribution in [3.63, 3.8) is 0 Å². The zero-order chi connectivity index (χ0) is 14.7. The Morgan fingerprint density at radius 1 is 1.30 bits per heavy atom. The Labute approximate surface area is 127 Å². The second kappa shape index (κ2) is 6.19. The molecule has 0 spiro atoms. The van der Waals surface area contributed by atoms with Crippen LogP contribution in [0.5, 0.6) is 0 Å². The fourth-order valence-corrected chi connectivity index (χ4v) is 2.20. The molecular weight excluding hydrogens is 351 g/mol. The zero-order valence-corrected chi connectivity index (χ0v) is 12.4. The van der Waals surface area contributed by atoms with E-state index >= 15 is 0 Å². The maximum atomic E-state index is 13.0. The Hall–Kier alpha value is -1.66. The van der Waals surface area contributed by atoms with E-state index in [-0.39, 0.29) is 10.7 Å². The molecule has 7 heteroatoms. The van der Waals surface area contributed by atoms with Gasteiger partial charge in [0, 0.05) is 17.1 Å². The predicted octanol–water partition coefficient (Wildman–Crippen LogP) is 4.76. The van der Waals surface area contributed by atoms with Crippen LogP contribution in [0.4, 0.5) is 15.8 Å². The molecule has 0 bridgehead atoms. The fourth-order valence-electron chi connectivity index (χ4n) is 1.65. The smallest absolute Gasteiger partial charge is 0.293 e. The van der Waals surface area contributed by atoms with Gasteiger partial charge in [0.15, 0.2) is 0 Å². The summed E-state index contributed by atoms with van der Waals surface area (Å²) in [5, 5.41) is 13.9. The molecule has 0 saturated carbocycles. The number of halogens is 3. The van der Waals surface area contributed by atoms with Crippen molar-refractivity contribution in [1.29, 1.82) is 0 Å². The SMILES string of the molecule is O=[N+]([O-])c1cc(Br)ccc1NCc1ccc(F)c(Cl)c1. The van der Waals surface area contributed by atoms with E-state index in [4.69, 9.17) is 11.6 Å². The van der Waals surface area contributed by atoms with Crippen molar-refractivity contribution in [1.82, 2.24) is 0 Å². The monoisotopic (exact) mass is 358 g/mol. The molecule has 2 aromatic carbocycles. The van der Waals surface area contributed by atoms with Gasteiger partial charge in [-0.2, -0.15) is 0 Å². The molecule has 0 amide bonds. The molecule has 0 saturated heterocycles. The minimum Gasteiger partial charge on any atom is -0.375 e. The van der Waals surface area contributed by atoms with E-state index in [2.05, 4.69) is 21.2 Å². The number of benzene rings is 2. The molecule has 0 aliphatic carbocycles. The van der Waals surface area contributed by atoms with E-state index in [0.717, 1.165) is 5.56 Å². The van der Waals surface area contributed by atoms with Crippen molar-refractivity contribution in [2.45, 2.75) is 6.54 Å². The van der Waals surface area contributed by atoms with Crippen molar-refractivity contribution in [2.24, 2.45) is 0 Å². The highest BCUT2D eigenvalue weighted by molar-refractivity contribution is 9.10. The lowest BCUT2D eigenvalue weighted by molar-refractivity contribution is -0.384. The molecule has 0 atom stereocenters. The highest BCUT2D eigenvalue weighted by atomic mass is 79.9. The van der Waals surface area contributed by atoms with E-state index in [1.807, 2.05) is 0 Å². The number of hydrogen-bond donors (Lipinski definition) is 1. The van der Waals surface area contributed by atoms with Crippen LogP contribution in [0.25, 0.3) is 0 Å². The Bertz CT molecular complexity index is 667. The number of anilines is 1. The Balaban J connectivity index is 2.18. The summed E-state index contributed by atoms with van der Waals surface area (Å²) in [5.74, 6) is -0.495. The van der Waals surface area contributed by atoms with Gasteiger partial charge in [-0.15, -0.1) is 0 Å². The Morgan fingerprint density at radius 3 is 2.70 bits per heavy atom. The second-order valence-electron chi connectivity index (χ2n) is 4.02. The first-order valence-electron chi connectivity index (χ1n) is 5.59. The summed E-state index contributed by atoms with van der Waals surface area (Å²) in [6.45, 7) is 0.308. The van der Waals surface area contributed by atoms with Crippen molar-refractivity contribution in [3.05, 3.63) is 67.4 Å². The van der Waals surface area contributed by atoms with Crippen molar-refractivity contribution >= 4 is 38.9 Å². The number of hydrogen-bond acceptors (Lipinski definition) is 3. The third-order valence-electron chi connectivity index (χ3n) is 2.62. The molecule has 0 aliphatic rings. The summed E-state index contributed by atoms with van der Waals surface area (Å²) < 4.78 is 13.7. The first kappa shape index (κ1) is 14.7. The third-order valence-corrected chi connectivity index (χ3v) is 3.41. The molecule has 0 fully saturated rings. The van der Waals surface area contributed by atoms with Gasteiger partial charge in [0.25, 0.3) is 5.69 Å². The van der Waals surface area contributed by atoms with Crippen LogP contribution in [0.3, 0.4) is 0 Å². The average Bonchev–Trinajstić information content (AvgIpc) is 2.41. The normalized spacial score (nSPS) is 10.3. The summed E-state index contributed by atoms with van der Waals surface area (Å²) in [5.41, 5.74) is 1.08. The maximum Gasteiger partial charge on any atom is 0.293 e. The first-order chi connectivity index (χ1) is 9.47. The fraction of sp³-hybridized carbons (Fsp3) is 0.0769. The summed E-state index contributed by atoms with van der Waals surface area (Å²) >= 11 is 8.87. The van der Waals surface area contributed by atoms with E-state index in [0.29, 0.717) is 16.7 Å². The topological polar surface area (TPSA) is 55.2 Å². The molecule has 4 nitrogen and oxygen atoms in total. The summed E-state index contributed by atoms with van der Waals surface area (Å²) in [6, 6.07) is 9.03. The van der Waals surface area contributed by atoms with Gasteiger partial charge in [-0.25, -0.2) is 4.39 Å². The van der Waals surface area contributed by atoms with Gasteiger partial charge in [-0.05, 0) is 29.8 Å². The van der Waals surface area contributed by atoms with Gasteiger partial charge < -0.3 is 5.32 Å². The highest BCUT2D eigenvalue weighted by Gasteiger charge is 2.13. The van der Waals surface area contributed by atoms with Gasteiger partial charge >= 0.3 is 0 Å². The van der Waals surface area contributed by atoms with Crippen LogP contribution in [-0.4, -0.2) is 4.92 Å². The molecule has 0 radical (unpaired) electrons. The predicted molar refractivity (Wildman–Crippen MR) is 79.5 cm³/mol. The minimum absolute atomic E-state index is 0.0228. The highest BCUT2D eigenvalue weighted by Crippen LogP contribution is 2.28. The number of nitro groups is 1. The van der Waals surface area contributed by atoms with Crippen LogP contribution in [0, 0.1) is 15.9 Å². The minimum atomic E-state index is -0.495. The number of nitrogens with zero attached hydrogens (tertiary/aromatic N) is 1. The standard InChI is InChI=1S/C13H9BrClFN2O2/c14-9-2-4-12(13(6-9)18(19)20)17-7-8-1-3-11(16)10(15)5-8/h1-6,17H,7H2. The molecule has 0 heterocycles. The van der Waals surface area contributed by atoms with Gasteiger partial charge in [0.1, 0.15) is 11.5 Å².